The van der Waals surface area contributed by atoms with Crippen molar-refractivity contribution in [2.75, 3.05) is 7.05 Å². The predicted octanol–water partition coefficient (Wildman–Crippen LogP) is 3.29. The maximum absolute atomic E-state index is 12.4. The Labute approximate surface area is 133 Å². The van der Waals surface area contributed by atoms with Crippen molar-refractivity contribution in [1.29, 1.82) is 0 Å². The molecule has 21 heavy (non-hydrogen) atoms. The Bertz CT molecular complexity index is 610. The highest BCUT2D eigenvalue weighted by Crippen LogP contribution is 2.25. The third kappa shape index (κ3) is 4.28. The fourth-order valence-corrected chi connectivity index (χ4v) is 3.54. The molecule has 0 unspecified atom stereocenters. The van der Waals surface area contributed by atoms with Crippen molar-refractivity contribution in [2.45, 2.75) is 37.5 Å². The van der Waals surface area contributed by atoms with E-state index in [-0.39, 0.29) is 11.2 Å². The van der Waals surface area contributed by atoms with Gasteiger partial charge in [0.05, 0.1) is 22.4 Å². The monoisotopic (exact) mass is 321 g/mol. The van der Waals surface area contributed by atoms with E-state index in [1.54, 1.807) is 16.7 Å². The Morgan fingerprint density at radius 3 is 2.57 bits per heavy atom. The average molecular weight is 321 g/mol. The van der Waals surface area contributed by atoms with Crippen LogP contribution in [0.15, 0.2) is 29.2 Å². The molecule has 0 radical (unpaired) electrons. The van der Waals surface area contributed by atoms with Gasteiger partial charge in [0.25, 0.3) is 0 Å². The van der Waals surface area contributed by atoms with Gasteiger partial charge in [0.15, 0.2) is 0 Å². The number of rotatable bonds is 5. The molecule has 0 fully saturated rings. The van der Waals surface area contributed by atoms with E-state index in [0.717, 1.165) is 15.5 Å². The van der Waals surface area contributed by atoms with E-state index in [4.69, 9.17) is 0 Å². The molecular weight excluding hydrogens is 302 g/mol. The molecule has 0 saturated heterocycles. The number of hydrogen-bond acceptors (Lipinski definition) is 5. The lowest BCUT2D eigenvalue weighted by molar-refractivity contribution is -0.129. The van der Waals surface area contributed by atoms with Crippen molar-refractivity contribution in [3.05, 3.63) is 40.4 Å². The molecule has 0 spiro atoms. The molecule has 2 rings (SSSR count). The number of aryl methyl sites for hydroxylation is 2. The van der Waals surface area contributed by atoms with E-state index in [9.17, 15) is 4.79 Å². The van der Waals surface area contributed by atoms with Crippen molar-refractivity contribution in [2.24, 2.45) is 0 Å². The van der Waals surface area contributed by atoms with Gasteiger partial charge in [0, 0.05) is 11.9 Å². The first kappa shape index (κ1) is 16.0. The summed E-state index contributed by atoms with van der Waals surface area (Å²) in [6.07, 6.45) is 0. The second-order valence-electron chi connectivity index (χ2n) is 5.05. The lowest BCUT2D eigenvalue weighted by Gasteiger charge is -2.20. The molecule has 0 aliphatic carbocycles. The third-order valence-electron chi connectivity index (χ3n) is 3.18. The average Bonchev–Trinajstić information content (AvgIpc) is 2.86. The second kappa shape index (κ2) is 7.04. The van der Waals surface area contributed by atoms with E-state index in [0.29, 0.717) is 6.54 Å². The molecule has 1 amide bonds. The van der Waals surface area contributed by atoms with Crippen LogP contribution in [0.2, 0.25) is 0 Å². The van der Waals surface area contributed by atoms with Crippen LogP contribution in [0.1, 0.15) is 23.1 Å². The van der Waals surface area contributed by atoms with Crippen LogP contribution in [0.25, 0.3) is 0 Å². The van der Waals surface area contributed by atoms with Crippen LogP contribution in [-0.4, -0.2) is 32.7 Å². The number of amides is 1. The molecule has 2 aromatic rings. The minimum Gasteiger partial charge on any atom is -0.340 e. The van der Waals surface area contributed by atoms with E-state index in [1.807, 2.05) is 20.9 Å². The summed E-state index contributed by atoms with van der Waals surface area (Å²) < 4.78 is 3.90. The molecule has 1 aromatic heterocycles. The summed E-state index contributed by atoms with van der Waals surface area (Å²) in [5.74, 6) is 0.119. The van der Waals surface area contributed by atoms with Crippen LogP contribution >= 0.6 is 23.3 Å². The molecule has 0 N–H and O–H groups in total. The normalized spacial score (nSPS) is 12.2. The smallest absolute Gasteiger partial charge is 0.235 e. The van der Waals surface area contributed by atoms with Gasteiger partial charge in [0.2, 0.25) is 5.91 Å². The summed E-state index contributed by atoms with van der Waals surface area (Å²) in [6, 6.07) is 8.24. The molecule has 1 atom stereocenters. The zero-order valence-corrected chi connectivity index (χ0v) is 14.3. The molecule has 0 aliphatic heterocycles. The van der Waals surface area contributed by atoms with Crippen LogP contribution in [0.4, 0.5) is 0 Å². The molecule has 1 aromatic carbocycles. The number of hydrogen-bond donors (Lipinski definition) is 0. The van der Waals surface area contributed by atoms with Crippen LogP contribution in [0.5, 0.6) is 0 Å². The maximum Gasteiger partial charge on any atom is 0.235 e. The largest absolute Gasteiger partial charge is 0.340 e. The number of benzene rings is 1. The highest BCUT2D eigenvalue weighted by atomic mass is 32.2. The summed E-state index contributed by atoms with van der Waals surface area (Å²) in [4.78, 5) is 16.3. The molecule has 0 bridgehead atoms. The van der Waals surface area contributed by atoms with Crippen molar-refractivity contribution < 1.29 is 4.79 Å². The Balaban J connectivity index is 1.95. The zero-order chi connectivity index (χ0) is 15.4. The van der Waals surface area contributed by atoms with Crippen molar-refractivity contribution >= 4 is 29.2 Å². The molecule has 1 heterocycles. The predicted molar refractivity (Wildman–Crippen MR) is 87.6 cm³/mol. The van der Waals surface area contributed by atoms with E-state index < -0.39 is 0 Å². The zero-order valence-electron chi connectivity index (χ0n) is 12.7. The van der Waals surface area contributed by atoms with Crippen molar-refractivity contribution in [3.63, 3.8) is 0 Å². The van der Waals surface area contributed by atoms with Crippen LogP contribution in [0.3, 0.4) is 0 Å². The highest BCUT2D eigenvalue weighted by Gasteiger charge is 2.20. The van der Waals surface area contributed by atoms with E-state index in [2.05, 4.69) is 40.8 Å². The van der Waals surface area contributed by atoms with Gasteiger partial charge in [-0.25, -0.2) is 0 Å². The summed E-state index contributed by atoms with van der Waals surface area (Å²) in [5, 5.41) is 3.86. The van der Waals surface area contributed by atoms with Gasteiger partial charge in [-0.15, -0.1) is 16.9 Å². The third-order valence-corrected chi connectivity index (χ3v) is 5.09. The van der Waals surface area contributed by atoms with E-state index in [1.165, 1.54) is 17.1 Å². The van der Waals surface area contributed by atoms with Crippen LogP contribution in [0, 0.1) is 13.8 Å². The number of aromatic nitrogens is 2. The molecule has 6 heteroatoms. The molecule has 0 saturated carbocycles. The Morgan fingerprint density at radius 1 is 1.33 bits per heavy atom. The number of nitrogens with zero attached hydrogens (tertiary/aromatic N) is 3. The van der Waals surface area contributed by atoms with Crippen LogP contribution < -0.4 is 0 Å². The first-order valence-corrected chi connectivity index (χ1v) is 8.39. The molecule has 0 aliphatic rings. The Kier molecular flexibility index (Phi) is 5.36. The van der Waals surface area contributed by atoms with Crippen molar-refractivity contribution in [3.8, 4) is 0 Å². The molecule has 112 valence electrons. The lowest BCUT2D eigenvalue weighted by atomic mass is 10.2. The first-order chi connectivity index (χ1) is 9.97. The minimum absolute atomic E-state index is 0.112. The number of carbonyl (C=O) groups is 1. The van der Waals surface area contributed by atoms with Gasteiger partial charge in [-0.05, 0) is 44.4 Å². The van der Waals surface area contributed by atoms with Crippen LogP contribution in [-0.2, 0) is 11.3 Å². The first-order valence-electron chi connectivity index (χ1n) is 6.73. The van der Waals surface area contributed by atoms with Gasteiger partial charge in [-0.3, -0.25) is 4.79 Å². The summed E-state index contributed by atoms with van der Waals surface area (Å²) in [6.45, 7) is 6.49. The minimum atomic E-state index is -0.112. The van der Waals surface area contributed by atoms with Crippen molar-refractivity contribution in [1.82, 2.24) is 14.5 Å². The topological polar surface area (TPSA) is 46.1 Å². The number of thioether (sulfide) groups is 1. The van der Waals surface area contributed by atoms with Gasteiger partial charge in [0.1, 0.15) is 0 Å². The van der Waals surface area contributed by atoms with E-state index >= 15 is 0 Å². The summed E-state index contributed by atoms with van der Waals surface area (Å²) in [5.41, 5.74) is 2.13. The summed E-state index contributed by atoms with van der Waals surface area (Å²) >= 11 is 2.94. The lowest BCUT2D eigenvalue weighted by Crippen LogP contribution is -2.32. The number of carbonyl (C=O) groups excluding carboxylic acids is 1. The molecular formula is C15H19N3OS2. The highest BCUT2D eigenvalue weighted by molar-refractivity contribution is 8.00. The Morgan fingerprint density at radius 2 is 2.00 bits per heavy atom. The molecule has 4 nitrogen and oxygen atoms in total. The SMILES string of the molecule is Cc1ccc(S[C@@H](C)C(=O)N(C)Cc2snnc2C)cc1. The van der Waals surface area contributed by atoms with Gasteiger partial charge >= 0.3 is 0 Å². The fourth-order valence-electron chi connectivity index (χ4n) is 1.87. The van der Waals surface area contributed by atoms with Gasteiger partial charge in [-0.1, -0.05) is 22.2 Å². The quantitative estimate of drug-likeness (QED) is 0.793. The summed E-state index contributed by atoms with van der Waals surface area (Å²) in [7, 11) is 1.83. The fraction of sp³-hybridized carbons (Fsp3) is 0.400. The standard InChI is InChI=1S/C15H19N3OS2/c1-10-5-7-13(8-6-10)20-12(3)15(19)18(4)9-14-11(2)16-17-21-14/h5-8,12H,9H2,1-4H3/t12-/m0/s1. The maximum atomic E-state index is 12.4. The van der Waals surface area contributed by atoms with Gasteiger partial charge in [-0.2, -0.15) is 0 Å². The van der Waals surface area contributed by atoms with Gasteiger partial charge < -0.3 is 4.90 Å². The second-order valence-corrected chi connectivity index (χ2v) is 7.30. The Hall–Kier alpha value is -1.40.